The van der Waals surface area contributed by atoms with Crippen LogP contribution in [0.5, 0.6) is 0 Å². The molecule has 102 valence electrons. The van der Waals surface area contributed by atoms with Crippen LogP contribution >= 0.6 is 11.6 Å². The van der Waals surface area contributed by atoms with Gasteiger partial charge in [0.2, 0.25) is 0 Å². The molecular weight excluding hydrogens is 250 g/mol. The standard InChI is InChI=1S/C13H22ClN3O/c1-4-10(5-2)17(7-8-18)13-9-11(14)15-12(6-3)16-13/h9-10,18H,4-8H2,1-3H3. The molecule has 0 aliphatic carbocycles. The van der Waals surface area contributed by atoms with Crippen LogP contribution in [-0.4, -0.2) is 34.3 Å². The quantitative estimate of drug-likeness (QED) is 0.775. The van der Waals surface area contributed by atoms with Crippen molar-refractivity contribution >= 4 is 17.4 Å². The van der Waals surface area contributed by atoms with Gasteiger partial charge < -0.3 is 10.0 Å². The Morgan fingerprint density at radius 1 is 1.28 bits per heavy atom. The lowest BCUT2D eigenvalue weighted by Gasteiger charge is -2.31. The topological polar surface area (TPSA) is 49.2 Å². The third-order valence-corrected chi connectivity index (χ3v) is 3.26. The van der Waals surface area contributed by atoms with Crippen molar-refractivity contribution in [1.82, 2.24) is 9.97 Å². The summed E-state index contributed by atoms with van der Waals surface area (Å²) in [6, 6.07) is 2.14. The van der Waals surface area contributed by atoms with Gasteiger partial charge >= 0.3 is 0 Å². The maximum absolute atomic E-state index is 9.22. The highest BCUT2D eigenvalue weighted by molar-refractivity contribution is 6.29. The van der Waals surface area contributed by atoms with Crippen LogP contribution < -0.4 is 4.90 Å². The molecule has 4 nitrogen and oxygen atoms in total. The minimum absolute atomic E-state index is 0.111. The molecule has 0 fully saturated rings. The van der Waals surface area contributed by atoms with Crippen LogP contribution in [0, 0.1) is 0 Å². The molecule has 0 saturated carbocycles. The Labute approximate surface area is 114 Å². The molecule has 0 spiro atoms. The van der Waals surface area contributed by atoms with Crippen LogP contribution in [0.25, 0.3) is 0 Å². The van der Waals surface area contributed by atoms with Gasteiger partial charge in [0, 0.05) is 25.1 Å². The van der Waals surface area contributed by atoms with E-state index in [-0.39, 0.29) is 6.61 Å². The third kappa shape index (κ3) is 3.82. The second-order valence-corrected chi connectivity index (χ2v) is 4.59. The fourth-order valence-electron chi connectivity index (χ4n) is 2.08. The smallest absolute Gasteiger partial charge is 0.134 e. The Morgan fingerprint density at radius 2 is 1.94 bits per heavy atom. The van der Waals surface area contributed by atoms with Crippen molar-refractivity contribution in [1.29, 1.82) is 0 Å². The molecule has 1 N–H and O–H groups in total. The molecule has 0 bridgehead atoms. The zero-order valence-corrected chi connectivity index (χ0v) is 12.1. The van der Waals surface area contributed by atoms with Gasteiger partial charge in [-0.25, -0.2) is 9.97 Å². The number of hydrogen-bond acceptors (Lipinski definition) is 4. The number of aliphatic hydroxyl groups is 1. The normalized spacial score (nSPS) is 11.0. The van der Waals surface area contributed by atoms with Crippen LogP contribution in [0.1, 0.15) is 39.4 Å². The molecule has 1 heterocycles. The minimum Gasteiger partial charge on any atom is -0.395 e. The van der Waals surface area contributed by atoms with Gasteiger partial charge in [-0.15, -0.1) is 0 Å². The molecule has 0 amide bonds. The van der Waals surface area contributed by atoms with Gasteiger partial charge in [-0.05, 0) is 12.8 Å². The number of nitrogens with zero attached hydrogens (tertiary/aromatic N) is 3. The highest BCUT2D eigenvalue weighted by Crippen LogP contribution is 2.21. The Morgan fingerprint density at radius 3 is 2.44 bits per heavy atom. The molecule has 1 aromatic rings. The SMILES string of the molecule is CCc1nc(Cl)cc(N(CCO)C(CC)CC)n1. The number of rotatable bonds is 7. The molecule has 0 saturated heterocycles. The van der Waals surface area contributed by atoms with Gasteiger partial charge in [-0.2, -0.15) is 0 Å². The van der Waals surface area contributed by atoms with Gasteiger partial charge in [0.05, 0.1) is 6.61 Å². The van der Waals surface area contributed by atoms with E-state index in [0.29, 0.717) is 17.7 Å². The van der Waals surface area contributed by atoms with Crippen LogP contribution in [0.15, 0.2) is 6.07 Å². The van der Waals surface area contributed by atoms with Crippen molar-refractivity contribution < 1.29 is 5.11 Å². The zero-order chi connectivity index (χ0) is 13.5. The molecule has 0 atom stereocenters. The third-order valence-electron chi connectivity index (χ3n) is 3.06. The summed E-state index contributed by atoms with van der Waals surface area (Å²) in [5.74, 6) is 1.56. The Hall–Kier alpha value is -0.870. The number of hydrogen-bond donors (Lipinski definition) is 1. The van der Waals surface area contributed by atoms with Crippen LogP contribution in [-0.2, 0) is 6.42 Å². The Kier molecular flexibility index (Phi) is 6.36. The van der Waals surface area contributed by atoms with Gasteiger partial charge in [-0.3, -0.25) is 0 Å². The minimum atomic E-state index is 0.111. The molecule has 18 heavy (non-hydrogen) atoms. The Balaban J connectivity index is 3.07. The number of aromatic nitrogens is 2. The lowest BCUT2D eigenvalue weighted by molar-refractivity contribution is 0.295. The summed E-state index contributed by atoms with van der Waals surface area (Å²) in [6.07, 6.45) is 2.78. The second-order valence-electron chi connectivity index (χ2n) is 4.21. The fraction of sp³-hybridized carbons (Fsp3) is 0.692. The van der Waals surface area contributed by atoms with Crippen molar-refractivity contribution in [3.63, 3.8) is 0 Å². The summed E-state index contributed by atoms with van der Waals surface area (Å²) in [7, 11) is 0. The van der Waals surface area contributed by atoms with Gasteiger partial charge in [0.15, 0.2) is 0 Å². The summed E-state index contributed by atoms with van der Waals surface area (Å²) in [5, 5.41) is 9.68. The van der Waals surface area contributed by atoms with Crippen molar-refractivity contribution in [2.24, 2.45) is 0 Å². The Bertz CT molecular complexity index is 369. The van der Waals surface area contributed by atoms with Crippen molar-refractivity contribution in [3.05, 3.63) is 17.0 Å². The molecular formula is C13H22ClN3O. The van der Waals surface area contributed by atoms with Gasteiger partial charge in [0.25, 0.3) is 0 Å². The number of halogens is 1. The predicted molar refractivity (Wildman–Crippen MR) is 75.2 cm³/mol. The molecule has 5 heteroatoms. The van der Waals surface area contributed by atoms with E-state index in [1.54, 1.807) is 6.07 Å². The highest BCUT2D eigenvalue weighted by atomic mass is 35.5. The van der Waals surface area contributed by atoms with Crippen molar-refractivity contribution in [2.75, 3.05) is 18.1 Å². The largest absolute Gasteiger partial charge is 0.395 e. The summed E-state index contributed by atoms with van der Waals surface area (Å²) in [6.45, 7) is 6.97. The molecule has 0 radical (unpaired) electrons. The lowest BCUT2D eigenvalue weighted by Crippen LogP contribution is -2.37. The average molecular weight is 272 g/mol. The highest BCUT2D eigenvalue weighted by Gasteiger charge is 2.17. The van der Waals surface area contributed by atoms with E-state index in [4.69, 9.17) is 11.6 Å². The maximum atomic E-state index is 9.22. The van der Waals surface area contributed by atoms with Gasteiger partial charge in [0.1, 0.15) is 16.8 Å². The molecule has 0 aliphatic rings. The van der Waals surface area contributed by atoms with E-state index < -0.39 is 0 Å². The number of anilines is 1. The van der Waals surface area contributed by atoms with Crippen molar-refractivity contribution in [2.45, 2.75) is 46.1 Å². The average Bonchev–Trinajstić information content (AvgIpc) is 2.38. The number of aryl methyl sites for hydroxylation is 1. The van der Waals surface area contributed by atoms with Gasteiger partial charge in [-0.1, -0.05) is 32.4 Å². The first-order valence-electron chi connectivity index (χ1n) is 6.57. The summed E-state index contributed by atoms with van der Waals surface area (Å²) in [5.41, 5.74) is 0. The second kappa shape index (κ2) is 7.54. The van der Waals surface area contributed by atoms with E-state index in [1.165, 1.54) is 0 Å². The van der Waals surface area contributed by atoms with E-state index in [1.807, 2.05) is 6.92 Å². The first-order chi connectivity index (χ1) is 8.65. The molecule has 0 aliphatic heterocycles. The first kappa shape index (κ1) is 15.2. The van der Waals surface area contributed by atoms with Crippen LogP contribution in [0.4, 0.5) is 5.82 Å². The van der Waals surface area contributed by atoms with Crippen LogP contribution in [0.2, 0.25) is 5.15 Å². The van der Waals surface area contributed by atoms with E-state index >= 15 is 0 Å². The maximum Gasteiger partial charge on any atom is 0.134 e. The summed E-state index contributed by atoms with van der Waals surface area (Å²) < 4.78 is 0. The molecule has 0 unspecified atom stereocenters. The van der Waals surface area contributed by atoms with Crippen molar-refractivity contribution in [3.8, 4) is 0 Å². The van der Waals surface area contributed by atoms with Crippen LogP contribution in [0.3, 0.4) is 0 Å². The monoisotopic (exact) mass is 271 g/mol. The predicted octanol–water partition coefficient (Wildman–Crippen LogP) is 2.68. The summed E-state index contributed by atoms with van der Waals surface area (Å²) in [4.78, 5) is 10.8. The molecule has 1 aromatic heterocycles. The van der Waals surface area contributed by atoms with E-state index in [0.717, 1.165) is 30.9 Å². The first-order valence-corrected chi connectivity index (χ1v) is 6.94. The van der Waals surface area contributed by atoms with E-state index in [9.17, 15) is 5.11 Å². The van der Waals surface area contributed by atoms with E-state index in [2.05, 4.69) is 28.7 Å². The zero-order valence-electron chi connectivity index (χ0n) is 11.4. The number of aliphatic hydroxyl groups excluding tert-OH is 1. The molecule has 0 aromatic carbocycles. The lowest BCUT2D eigenvalue weighted by atomic mass is 10.1. The summed E-state index contributed by atoms with van der Waals surface area (Å²) >= 11 is 6.02. The fourth-order valence-corrected chi connectivity index (χ4v) is 2.27. The molecule has 1 rings (SSSR count).